The summed E-state index contributed by atoms with van der Waals surface area (Å²) in [5, 5.41) is 15.1. The number of halogens is 2. The van der Waals surface area contributed by atoms with Gasteiger partial charge in [-0.05, 0) is 77.9 Å². The molecule has 260 valence electrons. The number of nitrogens with zero attached hydrogens (tertiary/aromatic N) is 2. The molecular formula is C40H35Cl2N3O6. The summed E-state index contributed by atoms with van der Waals surface area (Å²) >= 11 is 12.7. The van der Waals surface area contributed by atoms with Crippen LogP contribution in [0.25, 0.3) is 10.8 Å². The Hall–Kier alpha value is -4.86. The first-order chi connectivity index (χ1) is 24.6. The molecule has 0 radical (unpaired) electrons. The first-order valence-electron chi connectivity index (χ1n) is 17.1. The number of hydrogen-bond acceptors (Lipinski definition) is 7. The Morgan fingerprint density at radius 1 is 0.922 bits per heavy atom. The van der Waals surface area contributed by atoms with Crippen LogP contribution in [0.15, 0.2) is 90.5 Å². The molecule has 0 bridgehead atoms. The quantitative estimate of drug-likeness (QED) is 0.152. The van der Waals surface area contributed by atoms with E-state index in [-0.39, 0.29) is 29.0 Å². The minimum atomic E-state index is -1.58. The Morgan fingerprint density at radius 2 is 1.69 bits per heavy atom. The number of phenolic OH excluding ortho intramolecular Hbond substituents is 1. The standard InChI is InChI=1S/C40H35Cl2N3O6/c1-3-18-44-36(47)27-15-14-26-28(33(27)38(44)49)20-29-37(48)45(43-31-16-11-23(41)19-30(31)42)39(50)40(29,22-9-12-24(51-2)13-10-22)35(26)34-25-7-5-4-6-21(25)8-17-32(34)46/h4-14,16-17,19,27-29,33,35,43,46H,3,15,18,20H2,1-2H3/t27-,28+,29-,33-,35+,40+/m0/s1. The molecule has 0 unspecified atom stereocenters. The molecule has 8 rings (SSSR count). The number of fused-ring (bicyclic) bond motifs is 5. The fourth-order valence-corrected chi connectivity index (χ4v) is 9.70. The molecule has 3 fully saturated rings. The third kappa shape index (κ3) is 4.81. The molecule has 2 N–H and O–H groups in total. The van der Waals surface area contributed by atoms with E-state index in [0.717, 1.165) is 16.0 Å². The van der Waals surface area contributed by atoms with Crippen molar-refractivity contribution >= 4 is 63.3 Å². The summed E-state index contributed by atoms with van der Waals surface area (Å²) < 4.78 is 5.48. The third-order valence-electron chi connectivity index (χ3n) is 11.4. The zero-order valence-electron chi connectivity index (χ0n) is 27.9. The number of phenols is 1. The van der Waals surface area contributed by atoms with Gasteiger partial charge in [-0.15, -0.1) is 0 Å². The Labute approximate surface area is 304 Å². The highest BCUT2D eigenvalue weighted by atomic mass is 35.5. The van der Waals surface area contributed by atoms with Crippen molar-refractivity contribution in [2.24, 2.45) is 23.7 Å². The largest absolute Gasteiger partial charge is 0.508 e. The van der Waals surface area contributed by atoms with Crippen LogP contribution in [-0.4, -0.2) is 52.3 Å². The summed E-state index contributed by atoms with van der Waals surface area (Å²) in [6, 6.07) is 22.8. The van der Waals surface area contributed by atoms with Crippen molar-refractivity contribution in [3.05, 3.63) is 112 Å². The number of hydrogen-bond donors (Lipinski definition) is 2. The number of carbonyl (C=O) groups is 4. The number of amides is 4. The van der Waals surface area contributed by atoms with Crippen molar-refractivity contribution in [3.8, 4) is 11.5 Å². The second-order valence-electron chi connectivity index (χ2n) is 13.8. The van der Waals surface area contributed by atoms with Gasteiger partial charge < -0.3 is 9.84 Å². The van der Waals surface area contributed by atoms with Crippen LogP contribution in [0.4, 0.5) is 5.69 Å². The SMILES string of the molecule is CCCN1C(=O)[C@H]2[C@H](CC=C3[C@H]2C[C@H]2C(=O)N(Nc4ccc(Cl)cc4Cl)C(=O)[C@@]2(c2ccc(OC)cc2)[C@H]3c2c(O)ccc3ccccc23)C1=O. The molecule has 2 saturated heterocycles. The molecule has 2 aliphatic heterocycles. The summed E-state index contributed by atoms with van der Waals surface area (Å²) in [5.41, 5.74) is 3.53. The Balaban J connectivity index is 1.41. The van der Waals surface area contributed by atoms with Crippen LogP contribution >= 0.6 is 23.2 Å². The topological polar surface area (TPSA) is 116 Å². The summed E-state index contributed by atoms with van der Waals surface area (Å²) in [7, 11) is 1.55. The van der Waals surface area contributed by atoms with E-state index in [2.05, 4.69) is 5.43 Å². The molecule has 4 amide bonds. The van der Waals surface area contributed by atoms with Gasteiger partial charge in [0.15, 0.2) is 0 Å². The number of hydrazine groups is 1. The number of ether oxygens (including phenoxy) is 1. The number of benzene rings is 4. The van der Waals surface area contributed by atoms with Crippen LogP contribution in [0, 0.1) is 23.7 Å². The monoisotopic (exact) mass is 723 g/mol. The Morgan fingerprint density at radius 3 is 2.41 bits per heavy atom. The average Bonchev–Trinajstić information content (AvgIpc) is 3.50. The zero-order valence-corrected chi connectivity index (χ0v) is 29.4. The fraction of sp³-hybridized carbons (Fsp3) is 0.300. The van der Waals surface area contributed by atoms with Crippen LogP contribution in [0.5, 0.6) is 11.5 Å². The van der Waals surface area contributed by atoms with Gasteiger partial charge in [0.1, 0.15) is 11.5 Å². The first kappa shape index (κ1) is 33.3. The van der Waals surface area contributed by atoms with Crippen molar-refractivity contribution in [1.82, 2.24) is 9.91 Å². The highest BCUT2D eigenvalue weighted by Gasteiger charge is 2.70. The molecule has 2 aliphatic carbocycles. The van der Waals surface area contributed by atoms with Crippen molar-refractivity contribution in [2.75, 3.05) is 19.1 Å². The molecule has 4 aromatic rings. The van der Waals surface area contributed by atoms with E-state index in [9.17, 15) is 19.5 Å². The fourth-order valence-electron chi connectivity index (χ4n) is 9.25. The molecule has 0 aromatic heterocycles. The molecule has 1 saturated carbocycles. The van der Waals surface area contributed by atoms with Gasteiger partial charge in [-0.1, -0.05) is 84.2 Å². The third-order valence-corrected chi connectivity index (χ3v) is 11.9. The Bertz CT molecular complexity index is 2170. The zero-order chi connectivity index (χ0) is 35.8. The van der Waals surface area contributed by atoms with Gasteiger partial charge in [0.2, 0.25) is 11.8 Å². The summed E-state index contributed by atoms with van der Waals surface area (Å²) in [4.78, 5) is 59.6. The maximum absolute atomic E-state index is 15.5. The number of nitrogens with one attached hydrogen (secondary N) is 1. The van der Waals surface area contributed by atoms with Crippen LogP contribution in [0.1, 0.15) is 43.2 Å². The molecule has 11 heteroatoms. The number of allylic oxidation sites excluding steroid dienone is 2. The van der Waals surface area contributed by atoms with Gasteiger partial charge >= 0.3 is 0 Å². The van der Waals surface area contributed by atoms with E-state index in [4.69, 9.17) is 27.9 Å². The second-order valence-corrected chi connectivity index (χ2v) is 14.6. The lowest BCUT2D eigenvalue weighted by atomic mass is 9.48. The smallest absolute Gasteiger partial charge is 0.260 e. The number of imide groups is 2. The molecule has 2 heterocycles. The molecule has 4 aliphatic rings. The van der Waals surface area contributed by atoms with E-state index in [0.29, 0.717) is 52.4 Å². The molecule has 9 nitrogen and oxygen atoms in total. The lowest BCUT2D eigenvalue weighted by Crippen LogP contribution is -2.53. The lowest BCUT2D eigenvalue weighted by Gasteiger charge is -2.51. The maximum atomic E-state index is 15.5. The molecule has 51 heavy (non-hydrogen) atoms. The maximum Gasteiger partial charge on any atom is 0.260 e. The van der Waals surface area contributed by atoms with Crippen LogP contribution < -0.4 is 10.2 Å². The van der Waals surface area contributed by atoms with Crippen LogP contribution in [0.3, 0.4) is 0 Å². The number of likely N-dealkylation sites (tertiary alicyclic amines) is 1. The predicted molar refractivity (Wildman–Crippen MR) is 193 cm³/mol. The highest BCUT2D eigenvalue weighted by Crippen LogP contribution is 2.65. The van der Waals surface area contributed by atoms with Gasteiger partial charge in [-0.3, -0.25) is 29.5 Å². The second kappa shape index (κ2) is 12.4. The van der Waals surface area contributed by atoms with E-state index in [1.54, 1.807) is 49.6 Å². The van der Waals surface area contributed by atoms with Gasteiger partial charge in [0, 0.05) is 23.0 Å². The number of carbonyl (C=O) groups excluding carboxylic acids is 4. The minimum absolute atomic E-state index is 0.0390. The molecular weight excluding hydrogens is 689 g/mol. The van der Waals surface area contributed by atoms with Crippen LogP contribution in [0.2, 0.25) is 10.0 Å². The predicted octanol–water partition coefficient (Wildman–Crippen LogP) is 7.26. The van der Waals surface area contributed by atoms with E-state index < -0.39 is 46.8 Å². The molecule has 4 aromatic carbocycles. The average molecular weight is 725 g/mol. The van der Waals surface area contributed by atoms with E-state index in [1.165, 1.54) is 11.0 Å². The van der Waals surface area contributed by atoms with Gasteiger partial charge in [-0.2, -0.15) is 5.01 Å². The number of anilines is 1. The van der Waals surface area contributed by atoms with Gasteiger partial charge in [0.05, 0.1) is 41.0 Å². The minimum Gasteiger partial charge on any atom is -0.508 e. The van der Waals surface area contributed by atoms with Crippen molar-refractivity contribution < 1.29 is 29.0 Å². The summed E-state index contributed by atoms with van der Waals surface area (Å²) in [6.07, 6.45) is 3.05. The van der Waals surface area contributed by atoms with Crippen molar-refractivity contribution in [2.45, 2.75) is 37.5 Å². The molecule has 0 spiro atoms. The van der Waals surface area contributed by atoms with E-state index >= 15 is 4.79 Å². The summed E-state index contributed by atoms with van der Waals surface area (Å²) in [5.74, 6) is -4.67. The molecule has 6 atom stereocenters. The normalized spacial score (nSPS) is 27.0. The number of rotatable bonds is 7. The van der Waals surface area contributed by atoms with E-state index in [1.807, 2.05) is 43.3 Å². The first-order valence-corrected chi connectivity index (χ1v) is 17.9. The van der Waals surface area contributed by atoms with Crippen LogP contribution in [-0.2, 0) is 24.6 Å². The number of aromatic hydroxyl groups is 1. The Kier molecular flexibility index (Phi) is 8.11. The van der Waals surface area contributed by atoms with Gasteiger partial charge in [0.25, 0.3) is 11.8 Å². The van der Waals surface area contributed by atoms with Crippen molar-refractivity contribution in [3.63, 3.8) is 0 Å². The van der Waals surface area contributed by atoms with Gasteiger partial charge in [-0.25, -0.2) is 0 Å². The highest BCUT2D eigenvalue weighted by molar-refractivity contribution is 6.36. The summed E-state index contributed by atoms with van der Waals surface area (Å²) in [6.45, 7) is 2.24. The van der Waals surface area contributed by atoms with Crippen molar-refractivity contribution in [1.29, 1.82) is 0 Å². The number of methoxy groups -OCH3 is 1. The lowest BCUT2D eigenvalue weighted by molar-refractivity contribution is -0.141.